The maximum absolute atomic E-state index is 10.7. The second-order valence-electron chi connectivity index (χ2n) is 3.15. The van der Waals surface area contributed by atoms with Crippen molar-refractivity contribution in [1.82, 2.24) is 0 Å². The maximum Gasteiger partial charge on any atom is 0.249 e. The average molecular weight is 207 g/mol. The Kier molecular flexibility index (Phi) is 3.40. The van der Waals surface area contributed by atoms with E-state index in [0.29, 0.717) is 0 Å². The second kappa shape index (κ2) is 4.20. The van der Waals surface area contributed by atoms with E-state index < -0.39 is 43.0 Å². The molecule has 1 aliphatic heterocycles. The fraction of sp³-hybridized carbons (Fsp3) is 0.857. The van der Waals surface area contributed by atoms with E-state index in [9.17, 15) is 20.1 Å². The topological polar surface area (TPSA) is 133 Å². The van der Waals surface area contributed by atoms with E-state index in [1.54, 1.807) is 0 Å². The first-order valence-electron chi connectivity index (χ1n) is 4.09. The summed E-state index contributed by atoms with van der Waals surface area (Å²) in [6.45, 7) is -0.575. The van der Waals surface area contributed by atoms with Gasteiger partial charge in [0.1, 0.15) is 24.4 Å². The number of rotatable bonds is 2. The first-order chi connectivity index (χ1) is 6.49. The molecule has 0 aromatic carbocycles. The molecule has 14 heavy (non-hydrogen) atoms. The molecule has 7 heteroatoms. The molecule has 1 fully saturated rings. The number of aliphatic hydroxyl groups excluding tert-OH is 4. The van der Waals surface area contributed by atoms with Gasteiger partial charge in [0.15, 0.2) is 6.10 Å². The second-order valence-corrected chi connectivity index (χ2v) is 3.15. The molecule has 1 rings (SSSR count). The van der Waals surface area contributed by atoms with Gasteiger partial charge in [0.2, 0.25) is 5.91 Å². The summed E-state index contributed by atoms with van der Waals surface area (Å²) >= 11 is 0. The Morgan fingerprint density at radius 2 is 1.79 bits per heavy atom. The van der Waals surface area contributed by atoms with Crippen molar-refractivity contribution in [2.75, 3.05) is 6.61 Å². The van der Waals surface area contributed by atoms with E-state index in [0.717, 1.165) is 0 Å². The number of hydrogen-bond acceptors (Lipinski definition) is 6. The van der Waals surface area contributed by atoms with Gasteiger partial charge < -0.3 is 30.9 Å². The van der Waals surface area contributed by atoms with E-state index in [2.05, 4.69) is 0 Å². The van der Waals surface area contributed by atoms with Crippen molar-refractivity contribution in [3.05, 3.63) is 0 Å². The van der Waals surface area contributed by atoms with Gasteiger partial charge in [-0.1, -0.05) is 0 Å². The molecule has 0 unspecified atom stereocenters. The zero-order valence-electron chi connectivity index (χ0n) is 7.28. The SMILES string of the molecule is NC(=O)[C@@H]1O[C@H](CO)[C@@H](O)[C@@H](O)[C@@H]1O. The molecule has 1 saturated heterocycles. The summed E-state index contributed by atoms with van der Waals surface area (Å²) in [6, 6.07) is 0. The zero-order valence-corrected chi connectivity index (χ0v) is 7.28. The van der Waals surface area contributed by atoms with E-state index in [-0.39, 0.29) is 0 Å². The number of amides is 1. The highest BCUT2D eigenvalue weighted by atomic mass is 16.5. The van der Waals surface area contributed by atoms with Crippen molar-refractivity contribution in [3.8, 4) is 0 Å². The molecule has 0 aromatic heterocycles. The standard InChI is InChI=1S/C7H13NO6/c8-7(13)6-5(12)4(11)3(10)2(1-9)14-6/h2-6,9-12H,1H2,(H2,8,13)/t2-,3-,4-,5+,6-/m1/s1. The number of carbonyl (C=O) groups excluding carboxylic acids is 1. The first-order valence-corrected chi connectivity index (χ1v) is 4.09. The van der Waals surface area contributed by atoms with Gasteiger partial charge in [-0.25, -0.2) is 0 Å². The lowest BCUT2D eigenvalue weighted by atomic mass is 9.95. The van der Waals surface area contributed by atoms with Gasteiger partial charge >= 0.3 is 0 Å². The third-order valence-electron chi connectivity index (χ3n) is 2.17. The molecule has 7 nitrogen and oxygen atoms in total. The zero-order chi connectivity index (χ0) is 10.9. The molecule has 82 valence electrons. The van der Waals surface area contributed by atoms with Gasteiger partial charge in [-0.05, 0) is 0 Å². The predicted octanol–water partition coefficient (Wildman–Crippen LogP) is -3.69. The lowest BCUT2D eigenvalue weighted by Crippen LogP contribution is -2.61. The number of ether oxygens (including phenoxy) is 1. The largest absolute Gasteiger partial charge is 0.394 e. The average Bonchev–Trinajstić information content (AvgIpc) is 2.14. The Bertz CT molecular complexity index is 220. The van der Waals surface area contributed by atoms with E-state index >= 15 is 0 Å². The Labute approximate surface area is 79.7 Å². The summed E-state index contributed by atoms with van der Waals surface area (Å²) in [7, 11) is 0. The normalized spacial score (nSPS) is 43.6. The summed E-state index contributed by atoms with van der Waals surface area (Å²) in [5.74, 6) is -0.957. The molecule has 0 aliphatic carbocycles. The highest BCUT2D eigenvalue weighted by Crippen LogP contribution is 2.20. The molecule has 0 radical (unpaired) electrons. The van der Waals surface area contributed by atoms with E-state index in [4.69, 9.17) is 15.6 Å². The minimum absolute atomic E-state index is 0.575. The van der Waals surface area contributed by atoms with Crippen molar-refractivity contribution < 1.29 is 30.0 Å². The summed E-state index contributed by atoms with van der Waals surface area (Å²) in [6.07, 6.45) is -7.11. The number of primary amides is 1. The molecule has 1 heterocycles. The van der Waals surface area contributed by atoms with Gasteiger partial charge in [-0.2, -0.15) is 0 Å². The molecule has 1 aliphatic rings. The third kappa shape index (κ3) is 1.86. The molecule has 6 N–H and O–H groups in total. The number of hydrogen-bond donors (Lipinski definition) is 5. The van der Waals surface area contributed by atoms with Crippen LogP contribution in [-0.2, 0) is 9.53 Å². The summed E-state index contributed by atoms with van der Waals surface area (Å²) in [4.78, 5) is 10.7. The van der Waals surface area contributed by atoms with Crippen molar-refractivity contribution in [2.45, 2.75) is 30.5 Å². The lowest BCUT2D eigenvalue weighted by molar-refractivity contribution is -0.225. The third-order valence-corrected chi connectivity index (χ3v) is 2.17. The van der Waals surface area contributed by atoms with Crippen LogP contribution in [0.15, 0.2) is 0 Å². The minimum atomic E-state index is -1.58. The van der Waals surface area contributed by atoms with Gasteiger partial charge in [-0.15, -0.1) is 0 Å². The smallest absolute Gasteiger partial charge is 0.249 e. The Balaban J connectivity index is 2.78. The Hall–Kier alpha value is -0.730. The first kappa shape index (κ1) is 11.3. The minimum Gasteiger partial charge on any atom is -0.394 e. The van der Waals surface area contributed by atoms with Crippen LogP contribution in [0, 0.1) is 0 Å². The Morgan fingerprint density at radius 1 is 1.21 bits per heavy atom. The summed E-state index contributed by atoms with van der Waals surface area (Å²) in [5.41, 5.74) is 4.88. The van der Waals surface area contributed by atoms with Crippen LogP contribution >= 0.6 is 0 Å². The van der Waals surface area contributed by atoms with Crippen LogP contribution in [0.2, 0.25) is 0 Å². The predicted molar refractivity (Wildman–Crippen MR) is 43.0 cm³/mol. The molecule has 0 bridgehead atoms. The van der Waals surface area contributed by atoms with Crippen LogP contribution in [0.1, 0.15) is 0 Å². The molecule has 1 amide bonds. The number of carbonyl (C=O) groups is 1. The van der Waals surface area contributed by atoms with E-state index in [1.807, 2.05) is 0 Å². The molecule has 5 atom stereocenters. The quantitative estimate of drug-likeness (QED) is 0.316. The summed E-state index contributed by atoms with van der Waals surface area (Å²) in [5, 5.41) is 36.5. The van der Waals surface area contributed by atoms with Crippen molar-refractivity contribution in [2.24, 2.45) is 5.73 Å². The molecule has 0 spiro atoms. The summed E-state index contributed by atoms with van der Waals surface area (Å²) < 4.78 is 4.81. The maximum atomic E-state index is 10.7. The van der Waals surface area contributed by atoms with Crippen LogP contribution in [-0.4, -0.2) is 63.5 Å². The highest BCUT2D eigenvalue weighted by Gasteiger charge is 2.45. The van der Waals surface area contributed by atoms with Gasteiger partial charge in [0, 0.05) is 0 Å². The van der Waals surface area contributed by atoms with Crippen molar-refractivity contribution in [3.63, 3.8) is 0 Å². The van der Waals surface area contributed by atoms with Crippen LogP contribution < -0.4 is 5.73 Å². The van der Waals surface area contributed by atoms with Gasteiger partial charge in [0.05, 0.1) is 6.61 Å². The van der Waals surface area contributed by atoms with Crippen molar-refractivity contribution >= 4 is 5.91 Å². The van der Waals surface area contributed by atoms with Gasteiger partial charge in [0.25, 0.3) is 0 Å². The monoisotopic (exact) mass is 207 g/mol. The lowest BCUT2D eigenvalue weighted by Gasteiger charge is -2.38. The van der Waals surface area contributed by atoms with Crippen LogP contribution in [0.25, 0.3) is 0 Å². The highest BCUT2D eigenvalue weighted by molar-refractivity contribution is 5.79. The van der Waals surface area contributed by atoms with E-state index in [1.165, 1.54) is 0 Å². The Morgan fingerprint density at radius 3 is 2.21 bits per heavy atom. The molecular weight excluding hydrogens is 194 g/mol. The number of nitrogens with two attached hydrogens (primary N) is 1. The fourth-order valence-corrected chi connectivity index (χ4v) is 1.34. The molecular formula is C7H13NO6. The fourth-order valence-electron chi connectivity index (χ4n) is 1.34. The molecule has 0 aromatic rings. The van der Waals surface area contributed by atoms with Crippen LogP contribution in [0.5, 0.6) is 0 Å². The van der Waals surface area contributed by atoms with Crippen LogP contribution in [0.4, 0.5) is 0 Å². The van der Waals surface area contributed by atoms with Crippen LogP contribution in [0.3, 0.4) is 0 Å². The number of aliphatic hydroxyl groups is 4. The molecule has 0 saturated carbocycles. The van der Waals surface area contributed by atoms with Crippen molar-refractivity contribution in [1.29, 1.82) is 0 Å². The van der Waals surface area contributed by atoms with Gasteiger partial charge in [-0.3, -0.25) is 4.79 Å².